The smallest absolute Gasteiger partial charge is 0.317 e. The third-order valence-electron chi connectivity index (χ3n) is 5.97. The fourth-order valence-corrected chi connectivity index (χ4v) is 4.99. The van der Waals surface area contributed by atoms with Gasteiger partial charge in [-0.2, -0.15) is 0 Å². The van der Waals surface area contributed by atoms with Gasteiger partial charge in [-0.3, -0.25) is 4.90 Å². The van der Waals surface area contributed by atoms with Crippen molar-refractivity contribution < 1.29 is 4.79 Å². The molecule has 0 aliphatic carbocycles. The van der Waals surface area contributed by atoms with Gasteiger partial charge in [0.2, 0.25) is 0 Å². The molecule has 7 heteroatoms. The SMILES string of the molecule is CCN1CCCC(CN2CC(C)N(C(=O)Nc3ccc(Cl)c(Cl)c3)C(C)C2)C1. The summed E-state index contributed by atoms with van der Waals surface area (Å²) in [5.41, 5.74) is 0.670. The molecule has 0 aromatic heterocycles. The average Bonchev–Trinajstić information content (AvgIpc) is 2.64. The van der Waals surface area contributed by atoms with E-state index in [-0.39, 0.29) is 18.1 Å². The van der Waals surface area contributed by atoms with Crippen LogP contribution in [0.15, 0.2) is 18.2 Å². The number of amides is 2. The van der Waals surface area contributed by atoms with E-state index in [0.29, 0.717) is 15.7 Å². The maximum absolute atomic E-state index is 12.9. The molecule has 5 nitrogen and oxygen atoms in total. The number of carbonyl (C=O) groups excluding carboxylic acids is 1. The summed E-state index contributed by atoms with van der Waals surface area (Å²) in [6.07, 6.45) is 2.62. The van der Waals surface area contributed by atoms with Gasteiger partial charge in [-0.1, -0.05) is 30.1 Å². The highest BCUT2D eigenvalue weighted by molar-refractivity contribution is 6.42. The first kappa shape index (κ1) is 21.7. The number of hydrogen-bond acceptors (Lipinski definition) is 3. The van der Waals surface area contributed by atoms with Gasteiger partial charge in [0, 0.05) is 44.0 Å². The maximum atomic E-state index is 12.9. The van der Waals surface area contributed by atoms with Gasteiger partial charge in [0.15, 0.2) is 0 Å². The Balaban J connectivity index is 1.56. The van der Waals surface area contributed by atoms with Crippen LogP contribution in [0.5, 0.6) is 0 Å². The molecular weight excluding hydrogens is 395 g/mol. The predicted octanol–water partition coefficient (Wildman–Crippen LogP) is 4.65. The Morgan fingerprint density at radius 3 is 2.46 bits per heavy atom. The molecule has 0 spiro atoms. The first-order valence-electron chi connectivity index (χ1n) is 10.4. The summed E-state index contributed by atoms with van der Waals surface area (Å²) < 4.78 is 0. The minimum atomic E-state index is -0.0761. The van der Waals surface area contributed by atoms with Crippen LogP contribution in [-0.2, 0) is 0 Å². The highest BCUT2D eigenvalue weighted by Gasteiger charge is 2.34. The van der Waals surface area contributed by atoms with Gasteiger partial charge in [-0.25, -0.2) is 4.79 Å². The molecule has 0 bridgehead atoms. The molecule has 1 aromatic rings. The Hall–Kier alpha value is -1.01. The van der Waals surface area contributed by atoms with Crippen LogP contribution >= 0.6 is 23.2 Å². The molecule has 156 valence electrons. The van der Waals surface area contributed by atoms with Crippen molar-refractivity contribution in [3.05, 3.63) is 28.2 Å². The number of carbonyl (C=O) groups is 1. The third-order valence-corrected chi connectivity index (χ3v) is 6.71. The van der Waals surface area contributed by atoms with Gasteiger partial charge in [0.1, 0.15) is 0 Å². The number of nitrogens with one attached hydrogen (secondary N) is 1. The Morgan fingerprint density at radius 1 is 1.11 bits per heavy atom. The van der Waals surface area contributed by atoms with Crippen molar-refractivity contribution in [1.82, 2.24) is 14.7 Å². The van der Waals surface area contributed by atoms with E-state index in [4.69, 9.17) is 23.2 Å². The Morgan fingerprint density at radius 2 is 1.82 bits per heavy atom. The van der Waals surface area contributed by atoms with Gasteiger partial charge in [-0.15, -0.1) is 0 Å². The normalized spacial score (nSPS) is 27.0. The zero-order valence-corrected chi connectivity index (χ0v) is 18.6. The molecule has 0 radical (unpaired) electrons. The van der Waals surface area contributed by atoms with Gasteiger partial charge >= 0.3 is 6.03 Å². The Bertz CT molecular complexity index is 674. The monoisotopic (exact) mass is 426 g/mol. The number of halogens is 2. The van der Waals surface area contributed by atoms with Gasteiger partial charge in [-0.05, 0) is 63.9 Å². The molecular formula is C21H32Cl2N4O. The molecule has 2 aliphatic heterocycles. The van der Waals surface area contributed by atoms with Crippen molar-refractivity contribution in [3.8, 4) is 0 Å². The number of anilines is 1. The van der Waals surface area contributed by atoms with Gasteiger partial charge < -0.3 is 15.1 Å². The van der Waals surface area contributed by atoms with E-state index in [1.54, 1.807) is 18.2 Å². The summed E-state index contributed by atoms with van der Waals surface area (Å²) in [6, 6.07) is 5.42. The first-order chi connectivity index (χ1) is 13.4. The molecule has 3 atom stereocenters. The lowest BCUT2D eigenvalue weighted by molar-refractivity contribution is 0.0490. The second-order valence-electron chi connectivity index (χ2n) is 8.28. The van der Waals surface area contributed by atoms with Crippen molar-refractivity contribution in [1.29, 1.82) is 0 Å². The Kier molecular flexibility index (Phi) is 7.48. The van der Waals surface area contributed by atoms with Crippen LogP contribution < -0.4 is 5.32 Å². The minimum absolute atomic E-state index is 0.0761. The highest BCUT2D eigenvalue weighted by atomic mass is 35.5. The van der Waals surface area contributed by atoms with Crippen molar-refractivity contribution in [2.75, 3.05) is 44.6 Å². The zero-order valence-electron chi connectivity index (χ0n) is 17.1. The topological polar surface area (TPSA) is 38.8 Å². The molecule has 3 unspecified atom stereocenters. The molecule has 0 saturated carbocycles. The van der Waals surface area contributed by atoms with Crippen LogP contribution in [0.25, 0.3) is 0 Å². The zero-order chi connectivity index (χ0) is 20.3. The summed E-state index contributed by atoms with van der Waals surface area (Å²) in [5, 5.41) is 3.90. The fourth-order valence-electron chi connectivity index (χ4n) is 4.70. The van der Waals surface area contributed by atoms with Gasteiger partial charge in [0.05, 0.1) is 10.0 Å². The molecule has 2 aliphatic rings. The van der Waals surface area contributed by atoms with E-state index in [1.165, 1.54) is 25.9 Å². The average molecular weight is 427 g/mol. The fraction of sp³-hybridized carbons (Fsp3) is 0.667. The van der Waals surface area contributed by atoms with Crippen molar-refractivity contribution in [3.63, 3.8) is 0 Å². The van der Waals surface area contributed by atoms with Crippen LogP contribution in [-0.4, -0.2) is 72.1 Å². The summed E-state index contributed by atoms with van der Waals surface area (Å²) >= 11 is 12.0. The molecule has 1 N–H and O–H groups in total. The lowest BCUT2D eigenvalue weighted by atomic mass is 9.96. The number of likely N-dealkylation sites (tertiary alicyclic amines) is 1. The molecule has 1 aromatic carbocycles. The molecule has 2 amide bonds. The van der Waals surface area contributed by atoms with E-state index in [2.05, 4.69) is 35.9 Å². The molecule has 2 fully saturated rings. The number of urea groups is 1. The number of piperidine rings is 1. The summed E-state index contributed by atoms with van der Waals surface area (Å²) in [7, 11) is 0. The van der Waals surface area contributed by atoms with Crippen LogP contribution in [0.2, 0.25) is 10.0 Å². The summed E-state index contributed by atoms with van der Waals surface area (Å²) in [4.78, 5) is 19.9. The van der Waals surface area contributed by atoms with E-state index in [1.807, 2.05) is 4.90 Å². The lowest BCUT2D eigenvalue weighted by Crippen LogP contribution is -2.60. The standard InChI is InChI=1S/C21H32Cl2N4O/c1-4-25-9-5-6-17(13-25)14-26-11-15(2)27(16(3)12-26)21(28)24-18-7-8-19(22)20(23)10-18/h7-8,10,15-17H,4-6,9,11-14H2,1-3H3,(H,24,28). The second kappa shape index (κ2) is 9.66. The summed E-state index contributed by atoms with van der Waals surface area (Å²) in [6.45, 7) is 13.1. The highest BCUT2D eigenvalue weighted by Crippen LogP contribution is 2.26. The van der Waals surface area contributed by atoms with Gasteiger partial charge in [0.25, 0.3) is 0 Å². The Labute approximate surface area is 178 Å². The number of rotatable bonds is 4. The van der Waals surface area contributed by atoms with E-state index in [0.717, 1.165) is 32.1 Å². The lowest BCUT2D eigenvalue weighted by Gasteiger charge is -2.46. The van der Waals surface area contributed by atoms with Crippen LogP contribution in [0.4, 0.5) is 10.5 Å². The van der Waals surface area contributed by atoms with E-state index in [9.17, 15) is 4.79 Å². The quantitative estimate of drug-likeness (QED) is 0.760. The second-order valence-corrected chi connectivity index (χ2v) is 9.10. The van der Waals surface area contributed by atoms with E-state index < -0.39 is 0 Å². The minimum Gasteiger partial charge on any atom is -0.317 e. The maximum Gasteiger partial charge on any atom is 0.322 e. The number of nitrogens with zero attached hydrogens (tertiary/aromatic N) is 3. The predicted molar refractivity (Wildman–Crippen MR) is 118 cm³/mol. The van der Waals surface area contributed by atoms with Crippen molar-refractivity contribution in [2.45, 2.75) is 45.7 Å². The molecule has 3 rings (SSSR count). The number of piperazine rings is 1. The van der Waals surface area contributed by atoms with E-state index >= 15 is 0 Å². The largest absolute Gasteiger partial charge is 0.322 e. The molecule has 2 heterocycles. The molecule has 2 saturated heterocycles. The van der Waals surface area contributed by atoms with Crippen LogP contribution in [0, 0.1) is 5.92 Å². The van der Waals surface area contributed by atoms with Crippen molar-refractivity contribution >= 4 is 34.9 Å². The summed E-state index contributed by atoms with van der Waals surface area (Å²) in [5.74, 6) is 0.740. The van der Waals surface area contributed by atoms with Crippen LogP contribution in [0.3, 0.4) is 0 Å². The number of benzene rings is 1. The van der Waals surface area contributed by atoms with Crippen LogP contribution in [0.1, 0.15) is 33.6 Å². The molecule has 28 heavy (non-hydrogen) atoms. The van der Waals surface area contributed by atoms with Crippen molar-refractivity contribution in [2.24, 2.45) is 5.92 Å². The third kappa shape index (κ3) is 5.32. The number of hydrogen-bond donors (Lipinski definition) is 1. The first-order valence-corrected chi connectivity index (χ1v) is 11.1.